The number of benzene rings is 2. The number of amidine groups is 1. The summed E-state index contributed by atoms with van der Waals surface area (Å²) in [6, 6.07) is 9.97. The number of hydrogen-bond acceptors (Lipinski definition) is 3. The number of rotatable bonds is 3. The van der Waals surface area contributed by atoms with E-state index in [9.17, 15) is 0 Å². The Balaban J connectivity index is 2.43. The first-order valence-electron chi connectivity index (χ1n) is 5.41. The molecule has 7 heteroatoms. The van der Waals surface area contributed by atoms with Crippen LogP contribution in [0, 0.1) is 0 Å². The second-order valence-corrected chi connectivity index (χ2v) is 5.62. The van der Waals surface area contributed by atoms with Crippen LogP contribution in [0.5, 0.6) is 11.5 Å². The van der Waals surface area contributed by atoms with Crippen LogP contribution in [0.25, 0.3) is 0 Å². The summed E-state index contributed by atoms with van der Waals surface area (Å²) in [4.78, 5) is 0. The molecule has 20 heavy (non-hydrogen) atoms. The Morgan fingerprint density at radius 1 is 1.15 bits per heavy atom. The molecule has 3 N–H and O–H groups in total. The molecule has 2 aromatic carbocycles. The zero-order chi connectivity index (χ0) is 14.7. The van der Waals surface area contributed by atoms with E-state index in [-0.39, 0.29) is 5.84 Å². The van der Waals surface area contributed by atoms with E-state index in [2.05, 4.69) is 21.1 Å². The van der Waals surface area contributed by atoms with Crippen LogP contribution in [0.2, 0.25) is 10.0 Å². The van der Waals surface area contributed by atoms with Gasteiger partial charge in [-0.3, -0.25) is 0 Å². The molecule has 0 fully saturated rings. The van der Waals surface area contributed by atoms with Gasteiger partial charge >= 0.3 is 0 Å². The lowest BCUT2D eigenvalue weighted by Crippen LogP contribution is -2.14. The van der Waals surface area contributed by atoms with E-state index >= 15 is 0 Å². The minimum Gasteiger partial charge on any atom is -0.456 e. The van der Waals surface area contributed by atoms with Crippen molar-refractivity contribution in [2.24, 2.45) is 10.9 Å². The van der Waals surface area contributed by atoms with Crippen molar-refractivity contribution < 1.29 is 9.94 Å². The van der Waals surface area contributed by atoms with Gasteiger partial charge in [0.2, 0.25) is 0 Å². The molecule has 0 atom stereocenters. The molecule has 0 aromatic heterocycles. The Hall–Kier alpha value is -1.43. The summed E-state index contributed by atoms with van der Waals surface area (Å²) in [5, 5.41) is 12.7. The highest BCUT2D eigenvalue weighted by molar-refractivity contribution is 9.10. The van der Waals surface area contributed by atoms with Crippen molar-refractivity contribution in [2.45, 2.75) is 0 Å². The van der Waals surface area contributed by atoms with Gasteiger partial charge in [0, 0.05) is 14.5 Å². The molecule has 0 bridgehead atoms. The number of ether oxygens (including phenoxy) is 1. The third-order valence-electron chi connectivity index (χ3n) is 2.39. The molecule has 0 radical (unpaired) electrons. The van der Waals surface area contributed by atoms with E-state index in [1.807, 2.05) is 0 Å². The second kappa shape index (κ2) is 6.35. The second-order valence-electron chi connectivity index (χ2n) is 3.83. The van der Waals surface area contributed by atoms with Crippen molar-refractivity contribution in [1.82, 2.24) is 0 Å². The van der Waals surface area contributed by atoms with Gasteiger partial charge in [-0.15, -0.1) is 0 Å². The molecule has 2 aromatic rings. The molecule has 0 aliphatic carbocycles. The Labute approximate surface area is 133 Å². The quantitative estimate of drug-likeness (QED) is 0.355. The van der Waals surface area contributed by atoms with Gasteiger partial charge in [-0.25, -0.2) is 0 Å². The van der Waals surface area contributed by atoms with Crippen molar-refractivity contribution in [3.05, 3.63) is 56.5 Å². The Morgan fingerprint density at radius 2 is 1.80 bits per heavy atom. The Bertz CT molecular complexity index is 657. The third-order valence-corrected chi connectivity index (χ3v) is 3.32. The summed E-state index contributed by atoms with van der Waals surface area (Å²) in [5.74, 6) is 0.813. The van der Waals surface area contributed by atoms with Crippen molar-refractivity contribution in [3.8, 4) is 11.5 Å². The van der Waals surface area contributed by atoms with Crippen LogP contribution in [-0.4, -0.2) is 11.0 Å². The molecule has 0 spiro atoms. The molecule has 0 saturated heterocycles. The first kappa shape index (κ1) is 15.0. The van der Waals surface area contributed by atoms with Gasteiger partial charge in [0.15, 0.2) is 5.84 Å². The lowest BCUT2D eigenvalue weighted by molar-refractivity contribution is 0.318. The van der Waals surface area contributed by atoms with Gasteiger partial charge in [0.1, 0.15) is 11.5 Å². The molecule has 0 aliphatic rings. The zero-order valence-corrected chi connectivity index (χ0v) is 13.1. The summed E-state index contributed by atoms with van der Waals surface area (Å²) in [7, 11) is 0. The molecular weight excluding hydrogens is 367 g/mol. The first-order chi connectivity index (χ1) is 9.49. The lowest BCUT2D eigenvalue weighted by Gasteiger charge is -2.11. The highest BCUT2D eigenvalue weighted by Crippen LogP contribution is 2.31. The van der Waals surface area contributed by atoms with Crippen molar-refractivity contribution in [2.75, 3.05) is 0 Å². The van der Waals surface area contributed by atoms with Gasteiger partial charge in [-0.1, -0.05) is 44.3 Å². The number of halogens is 3. The van der Waals surface area contributed by atoms with Crippen molar-refractivity contribution >= 4 is 45.0 Å². The van der Waals surface area contributed by atoms with Crippen LogP contribution in [0.4, 0.5) is 0 Å². The van der Waals surface area contributed by atoms with E-state index in [4.69, 9.17) is 38.9 Å². The van der Waals surface area contributed by atoms with Crippen LogP contribution in [0.15, 0.2) is 46.0 Å². The van der Waals surface area contributed by atoms with E-state index in [1.165, 1.54) is 0 Å². The molecular formula is C13H9BrCl2N2O2. The number of oxime groups is 1. The maximum atomic E-state index is 8.81. The normalized spacial score (nSPS) is 11.4. The standard InChI is InChI=1S/C13H9BrCl2N2O2/c14-7-1-2-12(11(3-7)13(17)18-19)20-10-5-8(15)4-9(16)6-10/h1-6,19H,(H2,17,18). The minimum atomic E-state index is -0.0607. The fourth-order valence-corrected chi connectivity index (χ4v) is 2.43. The minimum absolute atomic E-state index is 0.0607. The highest BCUT2D eigenvalue weighted by Gasteiger charge is 2.11. The molecule has 0 aliphatic heterocycles. The highest BCUT2D eigenvalue weighted by atomic mass is 79.9. The number of hydrogen-bond donors (Lipinski definition) is 2. The number of nitrogens with zero attached hydrogens (tertiary/aromatic N) is 1. The van der Waals surface area contributed by atoms with Crippen LogP contribution < -0.4 is 10.5 Å². The fraction of sp³-hybridized carbons (Fsp3) is 0. The van der Waals surface area contributed by atoms with Gasteiger partial charge in [-0.2, -0.15) is 0 Å². The van der Waals surface area contributed by atoms with Crippen LogP contribution in [0.1, 0.15) is 5.56 Å². The molecule has 104 valence electrons. The smallest absolute Gasteiger partial charge is 0.173 e. The molecule has 4 nitrogen and oxygen atoms in total. The van der Waals surface area contributed by atoms with Gasteiger partial charge in [0.05, 0.1) is 5.56 Å². The molecule has 0 saturated carbocycles. The third kappa shape index (κ3) is 3.56. The lowest BCUT2D eigenvalue weighted by atomic mass is 10.2. The van der Waals surface area contributed by atoms with Gasteiger partial charge < -0.3 is 15.7 Å². The van der Waals surface area contributed by atoms with Crippen LogP contribution in [0.3, 0.4) is 0 Å². The topological polar surface area (TPSA) is 67.8 Å². The maximum absolute atomic E-state index is 8.81. The number of nitrogens with two attached hydrogens (primary N) is 1. The predicted molar refractivity (Wildman–Crippen MR) is 83.2 cm³/mol. The van der Waals surface area contributed by atoms with Crippen LogP contribution in [-0.2, 0) is 0 Å². The molecule has 2 rings (SSSR count). The summed E-state index contributed by atoms with van der Waals surface area (Å²) in [6.45, 7) is 0. The average molecular weight is 376 g/mol. The van der Waals surface area contributed by atoms with E-state index in [0.29, 0.717) is 27.1 Å². The largest absolute Gasteiger partial charge is 0.456 e. The summed E-state index contributed by atoms with van der Waals surface area (Å²) >= 11 is 15.1. The monoisotopic (exact) mass is 374 g/mol. The summed E-state index contributed by atoms with van der Waals surface area (Å²) in [6.07, 6.45) is 0. The zero-order valence-electron chi connectivity index (χ0n) is 9.98. The summed E-state index contributed by atoms with van der Waals surface area (Å²) < 4.78 is 6.46. The SMILES string of the molecule is N/C(=N/O)c1cc(Br)ccc1Oc1cc(Cl)cc(Cl)c1. The molecule has 0 heterocycles. The average Bonchev–Trinajstić information content (AvgIpc) is 2.38. The Morgan fingerprint density at radius 3 is 2.40 bits per heavy atom. The summed E-state index contributed by atoms with van der Waals surface area (Å²) in [5.41, 5.74) is 6.07. The van der Waals surface area contributed by atoms with Gasteiger partial charge in [-0.05, 0) is 36.4 Å². The van der Waals surface area contributed by atoms with E-state index < -0.39 is 0 Å². The van der Waals surface area contributed by atoms with Crippen molar-refractivity contribution in [3.63, 3.8) is 0 Å². The predicted octanol–water partition coefficient (Wildman–Crippen LogP) is 4.64. The van der Waals surface area contributed by atoms with E-state index in [1.54, 1.807) is 36.4 Å². The maximum Gasteiger partial charge on any atom is 0.173 e. The fourth-order valence-electron chi connectivity index (χ4n) is 1.56. The first-order valence-corrected chi connectivity index (χ1v) is 6.96. The van der Waals surface area contributed by atoms with Crippen molar-refractivity contribution in [1.29, 1.82) is 0 Å². The Kier molecular flexibility index (Phi) is 4.75. The molecule has 0 amide bonds. The van der Waals surface area contributed by atoms with Gasteiger partial charge in [0.25, 0.3) is 0 Å². The van der Waals surface area contributed by atoms with Crippen LogP contribution >= 0.6 is 39.1 Å². The van der Waals surface area contributed by atoms with E-state index in [0.717, 1.165) is 4.47 Å². The molecule has 0 unspecified atom stereocenters.